The van der Waals surface area contributed by atoms with Crippen LogP contribution in [0.4, 0.5) is 5.69 Å². The Morgan fingerprint density at radius 1 is 1.47 bits per heavy atom. The fraction of sp³-hybridized carbons (Fsp3) is 0.273. The molecular formula is C11H13BrN2O3S2. The summed E-state index contributed by atoms with van der Waals surface area (Å²) in [5.41, 5.74) is 6.59. The highest BCUT2D eigenvalue weighted by Gasteiger charge is 2.24. The Bertz CT molecular complexity index is 629. The number of thiocarbonyl (C=S) groups is 1. The molecule has 5 nitrogen and oxygen atoms in total. The second kappa shape index (κ2) is 5.98. The van der Waals surface area contributed by atoms with Crippen LogP contribution in [0.15, 0.2) is 22.7 Å². The van der Waals surface area contributed by atoms with E-state index in [0.717, 1.165) is 6.26 Å². The summed E-state index contributed by atoms with van der Waals surface area (Å²) < 4.78 is 23.1. The van der Waals surface area contributed by atoms with Crippen molar-refractivity contribution in [1.29, 1.82) is 0 Å². The van der Waals surface area contributed by atoms with Crippen molar-refractivity contribution in [2.45, 2.75) is 12.2 Å². The highest BCUT2D eigenvalue weighted by atomic mass is 79.9. The van der Waals surface area contributed by atoms with Crippen molar-refractivity contribution in [3.63, 3.8) is 0 Å². The molecule has 0 fully saturated rings. The average Bonchev–Trinajstić information content (AvgIpc) is 2.29. The number of nitrogens with one attached hydrogen (secondary N) is 1. The lowest BCUT2D eigenvalue weighted by Crippen LogP contribution is -2.31. The molecule has 0 radical (unpaired) electrons. The van der Waals surface area contributed by atoms with E-state index in [9.17, 15) is 13.2 Å². The third kappa shape index (κ3) is 4.26. The maximum Gasteiger partial charge on any atom is 0.242 e. The summed E-state index contributed by atoms with van der Waals surface area (Å²) in [5.74, 6) is -0.591. The van der Waals surface area contributed by atoms with Crippen LogP contribution in [0.25, 0.3) is 0 Å². The normalized spacial score (nSPS) is 12.8. The van der Waals surface area contributed by atoms with Crippen LogP contribution in [0.2, 0.25) is 0 Å². The Hall–Kier alpha value is -0.990. The van der Waals surface area contributed by atoms with Crippen molar-refractivity contribution in [2.75, 3.05) is 11.6 Å². The van der Waals surface area contributed by atoms with Crippen LogP contribution in [-0.4, -0.2) is 30.8 Å². The number of benzene rings is 1. The van der Waals surface area contributed by atoms with Gasteiger partial charge in [-0.05, 0) is 41.1 Å². The van der Waals surface area contributed by atoms with E-state index in [1.165, 1.54) is 6.92 Å². The summed E-state index contributed by atoms with van der Waals surface area (Å²) in [6, 6.07) is 4.91. The largest absolute Gasteiger partial charge is 0.389 e. The van der Waals surface area contributed by atoms with E-state index in [2.05, 4.69) is 21.2 Å². The summed E-state index contributed by atoms with van der Waals surface area (Å²) in [6.07, 6.45) is 1.02. The molecule has 1 atom stereocenters. The summed E-state index contributed by atoms with van der Waals surface area (Å²) in [5, 5.41) is 1.42. The minimum absolute atomic E-state index is 0.239. The van der Waals surface area contributed by atoms with Crippen molar-refractivity contribution < 1.29 is 13.2 Å². The van der Waals surface area contributed by atoms with Crippen LogP contribution in [-0.2, 0) is 14.6 Å². The molecule has 8 heteroatoms. The first-order valence-electron chi connectivity index (χ1n) is 5.22. The number of carbonyl (C=O) groups is 1. The number of hydrogen-bond donors (Lipinski definition) is 2. The predicted octanol–water partition coefficient (Wildman–Crippen LogP) is 1.45. The molecule has 0 heterocycles. The van der Waals surface area contributed by atoms with E-state index in [1.807, 2.05) is 0 Å². The molecule has 1 aromatic rings. The van der Waals surface area contributed by atoms with E-state index in [0.29, 0.717) is 15.7 Å². The third-order valence-electron chi connectivity index (χ3n) is 2.52. The van der Waals surface area contributed by atoms with Gasteiger partial charge in [-0.15, -0.1) is 0 Å². The second-order valence-electron chi connectivity index (χ2n) is 4.02. The molecule has 1 rings (SSSR count). The van der Waals surface area contributed by atoms with E-state index in [-0.39, 0.29) is 4.99 Å². The quantitative estimate of drug-likeness (QED) is 0.789. The molecule has 1 amide bonds. The Labute approximate surface area is 125 Å². The second-order valence-corrected chi connectivity index (χ2v) is 7.68. The number of anilines is 1. The summed E-state index contributed by atoms with van der Waals surface area (Å²) in [4.78, 5) is 12.0. The molecule has 0 aliphatic heterocycles. The first-order valence-corrected chi connectivity index (χ1v) is 8.37. The van der Waals surface area contributed by atoms with Gasteiger partial charge in [0.25, 0.3) is 0 Å². The maximum absolute atomic E-state index is 11.8. The Balaban J connectivity index is 2.95. The minimum atomic E-state index is -3.42. The summed E-state index contributed by atoms with van der Waals surface area (Å²) in [7, 11) is -3.42. The number of amides is 1. The van der Waals surface area contributed by atoms with Crippen molar-refractivity contribution in [1.82, 2.24) is 0 Å². The minimum Gasteiger partial charge on any atom is -0.389 e. The number of halogens is 1. The van der Waals surface area contributed by atoms with Crippen molar-refractivity contribution in [3.8, 4) is 0 Å². The molecule has 1 aromatic carbocycles. The molecule has 0 saturated carbocycles. The first-order chi connectivity index (χ1) is 8.62. The monoisotopic (exact) mass is 364 g/mol. The molecule has 104 valence electrons. The van der Waals surface area contributed by atoms with E-state index < -0.39 is 21.0 Å². The zero-order valence-corrected chi connectivity index (χ0v) is 13.5. The molecule has 3 N–H and O–H groups in total. The third-order valence-corrected chi connectivity index (χ3v) is 4.91. The smallest absolute Gasteiger partial charge is 0.242 e. The van der Waals surface area contributed by atoms with Gasteiger partial charge in [-0.1, -0.05) is 12.2 Å². The highest BCUT2D eigenvalue weighted by molar-refractivity contribution is 9.10. The van der Waals surface area contributed by atoms with Gasteiger partial charge >= 0.3 is 0 Å². The fourth-order valence-electron chi connectivity index (χ4n) is 1.20. The highest BCUT2D eigenvalue weighted by Crippen LogP contribution is 2.24. The standard InChI is InChI=1S/C11H13BrN2O3S2/c1-6(19(2,16)17)11(15)14-9-4-3-7(10(13)18)5-8(9)12/h3-6H,1-2H3,(H2,13,18)(H,14,15). The molecular weight excluding hydrogens is 352 g/mol. The van der Waals surface area contributed by atoms with Crippen LogP contribution < -0.4 is 11.1 Å². The summed E-state index contributed by atoms with van der Waals surface area (Å²) in [6.45, 7) is 1.34. The molecule has 0 spiro atoms. The van der Waals surface area contributed by atoms with Gasteiger partial charge in [0, 0.05) is 16.3 Å². The van der Waals surface area contributed by atoms with Gasteiger partial charge in [0.2, 0.25) is 5.91 Å². The predicted molar refractivity (Wildman–Crippen MR) is 83.0 cm³/mol. The molecule has 1 unspecified atom stereocenters. The van der Waals surface area contributed by atoms with Gasteiger partial charge in [0.1, 0.15) is 10.2 Å². The van der Waals surface area contributed by atoms with Crippen molar-refractivity contribution in [3.05, 3.63) is 28.2 Å². The SMILES string of the molecule is CC(C(=O)Nc1ccc(C(N)=S)cc1Br)S(C)(=O)=O. The maximum atomic E-state index is 11.8. The number of nitrogens with two attached hydrogens (primary N) is 1. The van der Waals surface area contributed by atoms with Crippen LogP contribution in [0.3, 0.4) is 0 Å². The van der Waals surface area contributed by atoms with Gasteiger partial charge in [0.05, 0.1) is 5.69 Å². The van der Waals surface area contributed by atoms with Gasteiger partial charge in [-0.25, -0.2) is 8.42 Å². The molecule has 0 aliphatic carbocycles. The van der Waals surface area contributed by atoms with Crippen LogP contribution >= 0.6 is 28.1 Å². The first kappa shape index (κ1) is 16.1. The van der Waals surface area contributed by atoms with Crippen molar-refractivity contribution >= 4 is 54.6 Å². The topological polar surface area (TPSA) is 89.3 Å². The molecule has 0 saturated heterocycles. The van der Waals surface area contributed by atoms with Gasteiger partial charge in [0.15, 0.2) is 9.84 Å². The molecule has 0 aromatic heterocycles. The van der Waals surface area contributed by atoms with E-state index in [4.69, 9.17) is 18.0 Å². The van der Waals surface area contributed by atoms with E-state index >= 15 is 0 Å². The number of sulfone groups is 1. The van der Waals surface area contributed by atoms with Crippen LogP contribution in [0.5, 0.6) is 0 Å². The van der Waals surface area contributed by atoms with Gasteiger partial charge < -0.3 is 11.1 Å². The lowest BCUT2D eigenvalue weighted by Gasteiger charge is -2.12. The Morgan fingerprint density at radius 3 is 2.47 bits per heavy atom. The lowest BCUT2D eigenvalue weighted by molar-refractivity contribution is -0.115. The van der Waals surface area contributed by atoms with Crippen LogP contribution in [0.1, 0.15) is 12.5 Å². The number of hydrogen-bond acceptors (Lipinski definition) is 4. The zero-order valence-electron chi connectivity index (χ0n) is 10.3. The Kier molecular flexibility index (Phi) is 5.05. The number of rotatable bonds is 4. The fourth-order valence-corrected chi connectivity index (χ4v) is 2.25. The Morgan fingerprint density at radius 2 is 2.05 bits per heavy atom. The van der Waals surface area contributed by atoms with Gasteiger partial charge in [-0.3, -0.25) is 4.79 Å². The molecule has 0 aliphatic rings. The molecule has 0 bridgehead atoms. The average molecular weight is 365 g/mol. The van der Waals surface area contributed by atoms with Crippen molar-refractivity contribution in [2.24, 2.45) is 5.73 Å². The summed E-state index contributed by atoms with van der Waals surface area (Å²) >= 11 is 8.10. The van der Waals surface area contributed by atoms with Crippen LogP contribution in [0, 0.1) is 0 Å². The number of carbonyl (C=O) groups excluding carboxylic acids is 1. The van der Waals surface area contributed by atoms with E-state index in [1.54, 1.807) is 18.2 Å². The zero-order chi connectivity index (χ0) is 14.8. The molecule has 19 heavy (non-hydrogen) atoms. The van der Waals surface area contributed by atoms with Gasteiger partial charge in [-0.2, -0.15) is 0 Å². The lowest BCUT2D eigenvalue weighted by atomic mass is 10.2.